The van der Waals surface area contributed by atoms with E-state index in [0.717, 1.165) is 17.9 Å². The van der Waals surface area contributed by atoms with E-state index in [2.05, 4.69) is 0 Å². The van der Waals surface area contributed by atoms with Crippen molar-refractivity contribution < 1.29 is 8.42 Å². The maximum Gasteiger partial charge on any atom is 0.175 e. The van der Waals surface area contributed by atoms with Crippen LogP contribution < -0.4 is 10.6 Å². The summed E-state index contributed by atoms with van der Waals surface area (Å²) in [4.78, 5) is 2.28. The second-order valence-electron chi connectivity index (χ2n) is 4.57. The Balaban J connectivity index is 2.47. The summed E-state index contributed by atoms with van der Waals surface area (Å²) in [6, 6.07) is 14.7. The number of hydrogen-bond acceptors (Lipinski definition) is 4. The van der Waals surface area contributed by atoms with Crippen molar-refractivity contribution in [3.8, 4) is 0 Å². The van der Waals surface area contributed by atoms with Gasteiger partial charge in [0.25, 0.3) is 0 Å². The molecule has 0 atom stereocenters. The van der Waals surface area contributed by atoms with Crippen molar-refractivity contribution in [1.29, 1.82) is 0 Å². The highest BCUT2D eigenvalue weighted by Crippen LogP contribution is 2.31. The fourth-order valence-electron chi connectivity index (χ4n) is 2.11. The predicted molar refractivity (Wildman–Crippen MR) is 83.1 cm³/mol. The fourth-order valence-corrected chi connectivity index (χ4v) is 2.77. The number of anilines is 3. The van der Waals surface area contributed by atoms with Gasteiger partial charge in [0.05, 0.1) is 16.3 Å². The molecule has 0 aromatic heterocycles. The van der Waals surface area contributed by atoms with Crippen LogP contribution in [0, 0.1) is 0 Å². The van der Waals surface area contributed by atoms with Crippen LogP contribution >= 0.6 is 0 Å². The van der Waals surface area contributed by atoms with E-state index < -0.39 is 9.84 Å². The van der Waals surface area contributed by atoms with Gasteiger partial charge in [0.2, 0.25) is 0 Å². The van der Waals surface area contributed by atoms with Crippen molar-refractivity contribution in [1.82, 2.24) is 0 Å². The van der Waals surface area contributed by atoms with Crippen LogP contribution in [0.25, 0.3) is 0 Å². The largest absolute Gasteiger partial charge is 0.397 e. The molecule has 0 amide bonds. The minimum Gasteiger partial charge on any atom is -0.397 e. The number of para-hydroxylation sites is 1. The van der Waals surface area contributed by atoms with Crippen LogP contribution in [0.2, 0.25) is 0 Å². The van der Waals surface area contributed by atoms with Gasteiger partial charge in [-0.1, -0.05) is 18.2 Å². The van der Waals surface area contributed by atoms with E-state index >= 15 is 0 Å². The van der Waals surface area contributed by atoms with Crippen LogP contribution in [-0.4, -0.2) is 21.2 Å². The van der Waals surface area contributed by atoms with Crippen molar-refractivity contribution in [2.24, 2.45) is 0 Å². The van der Waals surface area contributed by atoms with E-state index in [4.69, 9.17) is 5.73 Å². The van der Waals surface area contributed by atoms with Crippen molar-refractivity contribution in [2.45, 2.75) is 11.8 Å². The molecule has 2 aromatic rings. The molecule has 0 radical (unpaired) electrons. The lowest BCUT2D eigenvalue weighted by Crippen LogP contribution is -2.17. The van der Waals surface area contributed by atoms with Crippen LogP contribution in [0.4, 0.5) is 17.1 Å². The molecular formula is C15H18N2O2S. The molecule has 2 aromatic carbocycles. The molecule has 0 fully saturated rings. The summed E-state index contributed by atoms with van der Waals surface area (Å²) in [6.45, 7) is 2.77. The van der Waals surface area contributed by atoms with Gasteiger partial charge < -0.3 is 10.6 Å². The first-order chi connectivity index (χ1) is 9.43. The molecule has 106 valence electrons. The molecule has 2 rings (SSSR count). The number of rotatable bonds is 4. The van der Waals surface area contributed by atoms with E-state index in [-0.39, 0.29) is 4.90 Å². The molecule has 0 unspecified atom stereocenters. The molecule has 20 heavy (non-hydrogen) atoms. The topological polar surface area (TPSA) is 63.4 Å². The van der Waals surface area contributed by atoms with Crippen molar-refractivity contribution in [3.63, 3.8) is 0 Å². The van der Waals surface area contributed by atoms with Crippen LogP contribution in [-0.2, 0) is 9.84 Å². The number of benzene rings is 2. The lowest BCUT2D eigenvalue weighted by Gasteiger charge is -2.25. The minimum atomic E-state index is -3.24. The quantitative estimate of drug-likeness (QED) is 0.879. The zero-order valence-electron chi connectivity index (χ0n) is 11.6. The fraction of sp³-hybridized carbons (Fsp3) is 0.200. The Kier molecular flexibility index (Phi) is 3.99. The summed E-state index contributed by atoms with van der Waals surface area (Å²) in [5.41, 5.74) is 8.32. The maximum absolute atomic E-state index is 11.5. The monoisotopic (exact) mass is 290 g/mol. The molecule has 4 nitrogen and oxygen atoms in total. The van der Waals surface area contributed by atoms with Gasteiger partial charge in [0.15, 0.2) is 9.84 Å². The Bertz CT molecular complexity index is 697. The Morgan fingerprint density at radius 1 is 1.10 bits per heavy atom. The van der Waals surface area contributed by atoms with Crippen LogP contribution in [0.15, 0.2) is 53.4 Å². The van der Waals surface area contributed by atoms with Crippen molar-refractivity contribution in [2.75, 3.05) is 23.4 Å². The Hall–Kier alpha value is -2.01. The zero-order chi connectivity index (χ0) is 14.8. The molecule has 0 saturated carbocycles. The molecule has 2 N–H and O–H groups in total. The number of sulfone groups is 1. The third-order valence-corrected chi connectivity index (χ3v) is 4.21. The summed E-state index contributed by atoms with van der Waals surface area (Å²) in [5.74, 6) is 0. The highest BCUT2D eigenvalue weighted by atomic mass is 32.2. The molecule has 0 bridgehead atoms. The van der Waals surface area contributed by atoms with Crippen LogP contribution in [0.5, 0.6) is 0 Å². The van der Waals surface area contributed by atoms with Gasteiger partial charge >= 0.3 is 0 Å². The highest BCUT2D eigenvalue weighted by Gasteiger charge is 2.14. The Morgan fingerprint density at radius 2 is 1.75 bits per heavy atom. The molecule has 0 aliphatic rings. The second kappa shape index (κ2) is 5.54. The summed E-state index contributed by atoms with van der Waals surface area (Å²) in [5, 5.41) is 0. The smallest absolute Gasteiger partial charge is 0.175 e. The summed E-state index contributed by atoms with van der Waals surface area (Å²) in [7, 11) is -3.24. The van der Waals surface area contributed by atoms with Crippen LogP contribution in [0.3, 0.4) is 0 Å². The Morgan fingerprint density at radius 3 is 2.25 bits per heavy atom. The third-order valence-electron chi connectivity index (χ3n) is 3.10. The van der Waals surface area contributed by atoms with Gasteiger partial charge in [-0.2, -0.15) is 0 Å². The number of nitrogen functional groups attached to an aromatic ring is 1. The first kappa shape index (κ1) is 14.4. The first-order valence-corrected chi connectivity index (χ1v) is 8.25. The van der Waals surface area contributed by atoms with E-state index in [1.807, 2.05) is 42.2 Å². The number of hydrogen-bond donors (Lipinski definition) is 1. The average molecular weight is 290 g/mol. The first-order valence-electron chi connectivity index (χ1n) is 6.35. The van der Waals surface area contributed by atoms with Gasteiger partial charge in [-0.25, -0.2) is 8.42 Å². The van der Waals surface area contributed by atoms with Gasteiger partial charge in [-0.05, 0) is 37.3 Å². The highest BCUT2D eigenvalue weighted by molar-refractivity contribution is 7.90. The van der Waals surface area contributed by atoms with Gasteiger partial charge in [-0.3, -0.25) is 0 Å². The number of nitrogens with zero attached hydrogens (tertiary/aromatic N) is 1. The molecule has 0 aliphatic carbocycles. The summed E-state index contributed by atoms with van der Waals surface area (Å²) < 4.78 is 23.1. The summed E-state index contributed by atoms with van der Waals surface area (Å²) >= 11 is 0. The van der Waals surface area contributed by atoms with Crippen molar-refractivity contribution >= 4 is 26.9 Å². The maximum atomic E-state index is 11.5. The Labute approximate surface area is 119 Å². The summed E-state index contributed by atoms with van der Waals surface area (Å²) in [6.07, 6.45) is 1.18. The van der Waals surface area contributed by atoms with Gasteiger partial charge in [-0.15, -0.1) is 0 Å². The average Bonchev–Trinajstić information content (AvgIpc) is 2.41. The standard InChI is InChI=1S/C15H18N2O2S/c1-3-17(12-7-5-4-6-8-12)15-10-9-13(11-14(15)16)20(2,18)19/h4-11H,3,16H2,1-2H3. The lowest BCUT2D eigenvalue weighted by atomic mass is 10.2. The van der Waals surface area contributed by atoms with Crippen molar-refractivity contribution in [3.05, 3.63) is 48.5 Å². The normalized spacial score (nSPS) is 11.3. The van der Waals surface area contributed by atoms with Gasteiger partial charge in [0, 0.05) is 18.5 Å². The van der Waals surface area contributed by atoms with Crippen LogP contribution in [0.1, 0.15) is 6.92 Å². The lowest BCUT2D eigenvalue weighted by molar-refractivity contribution is 0.602. The molecular weight excluding hydrogens is 272 g/mol. The molecule has 0 heterocycles. The van der Waals surface area contributed by atoms with Gasteiger partial charge in [0.1, 0.15) is 0 Å². The third kappa shape index (κ3) is 2.93. The second-order valence-corrected chi connectivity index (χ2v) is 6.59. The predicted octanol–water partition coefficient (Wildman–Crippen LogP) is 2.83. The SMILES string of the molecule is CCN(c1ccccc1)c1ccc(S(C)(=O)=O)cc1N. The number of nitrogens with two attached hydrogens (primary N) is 1. The van der Waals surface area contributed by atoms with E-state index in [9.17, 15) is 8.42 Å². The van der Waals surface area contributed by atoms with E-state index in [1.165, 1.54) is 12.3 Å². The van der Waals surface area contributed by atoms with E-state index in [0.29, 0.717) is 5.69 Å². The minimum absolute atomic E-state index is 0.239. The van der Waals surface area contributed by atoms with E-state index in [1.54, 1.807) is 12.1 Å². The molecule has 5 heteroatoms. The molecule has 0 saturated heterocycles. The molecule has 0 aliphatic heterocycles. The molecule has 0 spiro atoms. The zero-order valence-corrected chi connectivity index (χ0v) is 12.4.